The lowest BCUT2D eigenvalue weighted by molar-refractivity contribution is -0.385. The Hall–Kier alpha value is -4.97. The van der Waals surface area contributed by atoms with Gasteiger partial charge in [0.05, 0.1) is 28.1 Å². The van der Waals surface area contributed by atoms with Gasteiger partial charge in [0.2, 0.25) is 0 Å². The molecule has 0 aliphatic rings. The molecule has 0 saturated heterocycles. The molecule has 3 aromatic carbocycles. The van der Waals surface area contributed by atoms with Crippen molar-refractivity contribution in [3.05, 3.63) is 116 Å². The summed E-state index contributed by atoms with van der Waals surface area (Å²) in [7, 11) is 0. The first-order valence-corrected chi connectivity index (χ1v) is 11.0. The van der Waals surface area contributed by atoms with Gasteiger partial charge >= 0.3 is 0 Å². The molecule has 0 unspecified atom stereocenters. The molecule has 0 spiro atoms. The Balaban J connectivity index is 2.01. The predicted octanol–water partition coefficient (Wildman–Crippen LogP) is 6.27. The van der Waals surface area contributed by atoms with Gasteiger partial charge in [-0.15, -0.1) is 6.58 Å². The van der Waals surface area contributed by atoms with Crippen LogP contribution < -0.4 is 9.47 Å². The fraction of sp³-hybridized carbons (Fsp3) is 0.148. The molecule has 0 aromatic heterocycles. The second-order valence-corrected chi connectivity index (χ2v) is 7.63. The van der Waals surface area contributed by atoms with E-state index in [2.05, 4.69) is 12.6 Å². The van der Waals surface area contributed by atoms with Crippen LogP contribution >= 0.6 is 0 Å². The second-order valence-electron chi connectivity index (χ2n) is 7.63. The first kappa shape index (κ1) is 25.6. The lowest BCUT2D eigenvalue weighted by Crippen LogP contribution is -2.04. The third kappa shape index (κ3) is 6.33. The summed E-state index contributed by atoms with van der Waals surface area (Å²) >= 11 is 0. The summed E-state index contributed by atoms with van der Waals surface area (Å²) in [6.07, 6.45) is 3.76. The maximum absolute atomic E-state index is 11.1. The van der Waals surface area contributed by atoms with Crippen LogP contribution in [0, 0.1) is 31.6 Å². The van der Waals surface area contributed by atoms with Crippen LogP contribution in [0.2, 0.25) is 0 Å². The smallest absolute Gasteiger partial charge is 0.270 e. The summed E-state index contributed by atoms with van der Waals surface area (Å²) in [5.41, 5.74) is 2.53. The minimum absolute atomic E-state index is 0.0295. The van der Waals surface area contributed by atoms with E-state index in [1.54, 1.807) is 36.4 Å². The fourth-order valence-corrected chi connectivity index (χ4v) is 3.55. The van der Waals surface area contributed by atoms with Gasteiger partial charge in [0.25, 0.3) is 11.4 Å². The van der Waals surface area contributed by atoms with Gasteiger partial charge in [-0.1, -0.05) is 30.3 Å². The van der Waals surface area contributed by atoms with E-state index >= 15 is 0 Å². The van der Waals surface area contributed by atoms with Gasteiger partial charge in [-0.05, 0) is 48.2 Å². The number of allylic oxidation sites excluding steroid dienone is 2. The zero-order valence-corrected chi connectivity index (χ0v) is 19.5. The lowest BCUT2D eigenvalue weighted by Gasteiger charge is -2.17. The minimum atomic E-state index is -0.513. The van der Waals surface area contributed by atoms with Gasteiger partial charge in [0.15, 0.2) is 11.5 Å². The molecule has 9 nitrogen and oxygen atoms in total. The number of nitriles is 1. The number of hydrogen-bond acceptors (Lipinski definition) is 7. The summed E-state index contributed by atoms with van der Waals surface area (Å²) in [4.78, 5) is 21.2. The molecule has 0 aliphatic carbocycles. The highest BCUT2D eigenvalue weighted by Gasteiger charge is 2.15. The van der Waals surface area contributed by atoms with Crippen LogP contribution in [0.15, 0.2) is 73.3 Å². The first-order chi connectivity index (χ1) is 17.4. The van der Waals surface area contributed by atoms with Crippen molar-refractivity contribution < 1.29 is 19.3 Å². The highest BCUT2D eigenvalue weighted by atomic mass is 16.6. The zero-order chi connectivity index (χ0) is 26.1. The molecule has 0 bridgehead atoms. The van der Waals surface area contributed by atoms with E-state index < -0.39 is 9.85 Å². The Morgan fingerprint density at radius 3 is 2.36 bits per heavy atom. The van der Waals surface area contributed by atoms with Gasteiger partial charge in [0, 0.05) is 29.8 Å². The molecule has 0 heterocycles. The Morgan fingerprint density at radius 1 is 1.03 bits per heavy atom. The molecule has 0 saturated carbocycles. The molecule has 182 valence electrons. The van der Waals surface area contributed by atoms with Gasteiger partial charge in [-0.2, -0.15) is 5.26 Å². The Morgan fingerprint density at radius 2 is 1.72 bits per heavy atom. The monoisotopic (exact) mass is 485 g/mol. The van der Waals surface area contributed by atoms with E-state index in [0.717, 1.165) is 5.56 Å². The van der Waals surface area contributed by atoms with Crippen molar-refractivity contribution >= 4 is 23.0 Å². The number of nitrogens with zero attached hydrogens (tertiary/aromatic N) is 3. The third-order valence-corrected chi connectivity index (χ3v) is 5.12. The van der Waals surface area contributed by atoms with Crippen LogP contribution in [0.1, 0.15) is 29.2 Å². The van der Waals surface area contributed by atoms with Crippen LogP contribution in [-0.2, 0) is 13.0 Å². The molecule has 0 N–H and O–H groups in total. The SMILES string of the molecule is C=CCc1cc(C=C(C#N)c2cccc([N+](=O)[O-])c2)cc(OCC)c1OCc1cccc([N+](=O)[O-])c1. The Bertz CT molecular complexity index is 1370. The average molecular weight is 485 g/mol. The summed E-state index contributed by atoms with van der Waals surface area (Å²) < 4.78 is 11.9. The number of ether oxygens (including phenoxy) is 2. The van der Waals surface area contributed by atoms with Crippen molar-refractivity contribution in [2.75, 3.05) is 6.61 Å². The van der Waals surface area contributed by atoms with Crippen molar-refractivity contribution in [1.29, 1.82) is 5.26 Å². The molecule has 0 radical (unpaired) electrons. The van der Waals surface area contributed by atoms with E-state index in [0.29, 0.717) is 41.2 Å². The number of non-ortho nitro benzene ring substituents is 2. The van der Waals surface area contributed by atoms with Crippen molar-refractivity contribution in [3.8, 4) is 17.6 Å². The van der Waals surface area contributed by atoms with Crippen molar-refractivity contribution in [2.24, 2.45) is 0 Å². The maximum Gasteiger partial charge on any atom is 0.270 e. The highest BCUT2D eigenvalue weighted by Crippen LogP contribution is 2.36. The van der Waals surface area contributed by atoms with Crippen LogP contribution in [-0.4, -0.2) is 16.5 Å². The van der Waals surface area contributed by atoms with Crippen LogP contribution in [0.25, 0.3) is 11.6 Å². The molecule has 0 amide bonds. The van der Waals surface area contributed by atoms with Crippen molar-refractivity contribution in [3.63, 3.8) is 0 Å². The van der Waals surface area contributed by atoms with Gasteiger partial charge in [0.1, 0.15) is 6.61 Å². The Kier molecular flexibility index (Phi) is 8.51. The van der Waals surface area contributed by atoms with Crippen LogP contribution in [0.4, 0.5) is 11.4 Å². The number of nitro benzene ring substituents is 2. The fourth-order valence-electron chi connectivity index (χ4n) is 3.55. The van der Waals surface area contributed by atoms with E-state index in [1.807, 2.05) is 13.0 Å². The van der Waals surface area contributed by atoms with Gasteiger partial charge in [-0.25, -0.2) is 0 Å². The second kappa shape index (κ2) is 11.9. The molecule has 3 rings (SSSR count). The van der Waals surface area contributed by atoms with Crippen molar-refractivity contribution in [1.82, 2.24) is 0 Å². The molecular weight excluding hydrogens is 462 g/mol. The predicted molar refractivity (Wildman–Crippen MR) is 136 cm³/mol. The lowest BCUT2D eigenvalue weighted by atomic mass is 10.0. The number of hydrogen-bond donors (Lipinski definition) is 0. The van der Waals surface area contributed by atoms with E-state index in [-0.39, 0.29) is 23.6 Å². The van der Waals surface area contributed by atoms with Gasteiger partial charge < -0.3 is 9.47 Å². The van der Waals surface area contributed by atoms with Gasteiger partial charge in [-0.3, -0.25) is 20.2 Å². The zero-order valence-electron chi connectivity index (χ0n) is 19.5. The first-order valence-electron chi connectivity index (χ1n) is 11.0. The number of rotatable bonds is 11. The normalized spacial score (nSPS) is 10.8. The summed E-state index contributed by atoms with van der Waals surface area (Å²) in [5.74, 6) is 0.902. The molecule has 36 heavy (non-hydrogen) atoms. The Labute approximate surface area is 207 Å². The number of nitro groups is 2. The van der Waals surface area contributed by atoms with E-state index in [4.69, 9.17) is 9.47 Å². The minimum Gasteiger partial charge on any atom is -0.490 e. The molecule has 9 heteroatoms. The average Bonchev–Trinajstić information content (AvgIpc) is 2.87. The maximum atomic E-state index is 11.1. The number of benzene rings is 3. The summed E-state index contributed by atoms with van der Waals surface area (Å²) in [6.45, 7) is 6.06. The molecule has 0 aliphatic heterocycles. The van der Waals surface area contributed by atoms with Crippen molar-refractivity contribution in [2.45, 2.75) is 20.0 Å². The van der Waals surface area contributed by atoms with E-state index in [9.17, 15) is 25.5 Å². The quantitative estimate of drug-likeness (QED) is 0.103. The topological polar surface area (TPSA) is 129 Å². The molecule has 3 aromatic rings. The summed E-state index contributed by atoms with van der Waals surface area (Å²) in [5, 5.41) is 32.0. The summed E-state index contributed by atoms with van der Waals surface area (Å²) in [6, 6.07) is 17.7. The van der Waals surface area contributed by atoms with Crippen LogP contribution in [0.3, 0.4) is 0 Å². The third-order valence-electron chi connectivity index (χ3n) is 5.12. The van der Waals surface area contributed by atoms with E-state index in [1.165, 1.54) is 30.3 Å². The molecule has 0 fully saturated rings. The standard InChI is InChI=1S/C27H23N3O6/c1-3-7-22-12-20(13-23(17-28)21-9-6-11-25(16-21)30(33)34)15-26(35-4-2)27(22)36-18-19-8-5-10-24(14-19)29(31)32/h3,5-6,8-16H,1,4,7,18H2,2H3. The largest absolute Gasteiger partial charge is 0.490 e. The molecular formula is C27H23N3O6. The highest BCUT2D eigenvalue weighted by molar-refractivity contribution is 5.90. The molecule has 0 atom stereocenters. The van der Waals surface area contributed by atoms with Crippen LogP contribution in [0.5, 0.6) is 11.5 Å².